The van der Waals surface area contributed by atoms with E-state index in [4.69, 9.17) is 21.4 Å². The predicted octanol–water partition coefficient (Wildman–Crippen LogP) is 3.47. The number of aryl methyl sites for hydroxylation is 2. The van der Waals surface area contributed by atoms with Crippen LogP contribution in [0.3, 0.4) is 0 Å². The third-order valence-corrected chi connectivity index (χ3v) is 4.26. The normalized spacial score (nSPS) is 10.8. The first kappa shape index (κ1) is 15.4. The molecule has 4 nitrogen and oxygen atoms in total. The van der Waals surface area contributed by atoms with Crippen molar-refractivity contribution in [3.8, 4) is 5.75 Å². The highest BCUT2D eigenvalue weighted by atomic mass is 79.9. The van der Waals surface area contributed by atoms with E-state index in [1.54, 1.807) is 22.9 Å². The highest BCUT2D eigenvalue weighted by Crippen LogP contribution is 2.28. The van der Waals surface area contributed by atoms with Gasteiger partial charge in [-0.1, -0.05) is 24.6 Å². The van der Waals surface area contributed by atoms with Crippen LogP contribution >= 0.6 is 27.5 Å². The number of ether oxygens (including phenoxy) is 1. The Labute approximate surface area is 131 Å². The van der Waals surface area contributed by atoms with E-state index in [2.05, 4.69) is 28.0 Å². The summed E-state index contributed by atoms with van der Waals surface area (Å²) in [6.45, 7) is 2.40. The van der Waals surface area contributed by atoms with Crippen LogP contribution < -0.4 is 4.74 Å². The Morgan fingerprint density at radius 2 is 2.20 bits per heavy atom. The molecule has 20 heavy (non-hydrogen) atoms. The molecule has 0 unspecified atom stereocenters. The van der Waals surface area contributed by atoms with E-state index >= 15 is 0 Å². The summed E-state index contributed by atoms with van der Waals surface area (Å²) in [7, 11) is 1.89. The first-order chi connectivity index (χ1) is 9.56. The van der Waals surface area contributed by atoms with E-state index in [1.807, 2.05) is 7.05 Å². The molecular weight excluding hydrogens is 344 g/mol. The first-order valence-electron chi connectivity index (χ1n) is 6.29. The van der Waals surface area contributed by atoms with E-state index in [0.717, 1.165) is 27.8 Å². The number of aromatic nitrogens is 2. The molecule has 0 atom stereocenters. The van der Waals surface area contributed by atoms with Crippen molar-refractivity contribution in [3.63, 3.8) is 0 Å². The Bertz CT molecular complexity index is 613. The van der Waals surface area contributed by atoms with E-state index in [9.17, 15) is 0 Å². The molecular formula is C14H16BrClN2O2. The van der Waals surface area contributed by atoms with E-state index in [-0.39, 0.29) is 6.61 Å². The largest absolute Gasteiger partial charge is 0.486 e. The topological polar surface area (TPSA) is 47.3 Å². The molecule has 1 heterocycles. The second-order valence-corrected chi connectivity index (χ2v) is 5.60. The predicted molar refractivity (Wildman–Crippen MR) is 82.0 cm³/mol. The van der Waals surface area contributed by atoms with Crippen molar-refractivity contribution in [1.29, 1.82) is 0 Å². The van der Waals surface area contributed by atoms with Gasteiger partial charge in [0.05, 0.1) is 27.5 Å². The highest BCUT2D eigenvalue weighted by Gasteiger charge is 2.13. The zero-order valence-electron chi connectivity index (χ0n) is 11.4. The molecule has 1 N–H and O–H groups in total. The molecule has 1 aromatic carbocycles. The fraction of sp³-hybridized carbons (Fsp3) is 0.357. The van der Waals surface area contributed by atoms with Crippen LogP contribution in [0, 0.1) is 0 Å². The Kier molecular flexibility index (Phi) is 5.07. The van der Waals surface area contributed by atoms with Crippen molar-refractivity contribution >= 4 is 27.5 Å². The molecule has 0 amide bonds. The zero-order valence-corrected chi connectivity index (χ0v) is 13.7. The van der Waals surface area contributed by atoms with Crippen LogP contribution in [0.4, 0.5) is 0 Å². The second-order valence-electron chi connectivity index (χ2n) is 4.40. The minimum Gasteiger partial charge on any atom is -0.486 e. The summed E-state index contributed by atoms with van der Waals surface area (Å²) >= 11 is 9.66. The third-order valence-electron chi connectivity index (χ3n) is 3.05. The SMILES string of the molecule is CCc1nn(C)c(COc2ccc(CO)cc2Cl)c1Br. The molecule has 6 heteroatoms. The highest BCUT2D eigenvalue weighted by molar-refractivity contribution is 9.10. The monoisotopic (exact) mass is 358 g/mol. The number of hydrogen-bond acceptors (Lipinski definition) is 3. The summed E-state index contributed by atoms with van der Waals surface area (Å²) in [5.41, 5.74) is 2.73. The molecule has 108 valence electrons. The molecule has 0 aliphatic carbocycles. The maximum absolute atomic E-state index is 9.05. The van der Waals surface area contributed by atoms with Gasteiger partial charge in [0.1, 0.15) is 12.4 Å². The number of nitrogens with zero attached hydrogens (tertiary/aromatic N) is 2. The lowest BCUT2D eigenvalue weighted by Crippen LogP contribution is -2.04. The number of halogens is 2. The molecule has 0 aliphatic rings. The molecule has 0 bridgehead atoms. The van der Waals surface area contributed by atoms with Gasteiger partial charge in [0.25, 0.3) is 0 Å². The molecule has 0 spiro atoms. The number of benzene rings is 1. The molecule has 0 aliphatic heterocycles. The first-order valence-corrected chi connectivity index (χ1v) is 7.46. The molecule has 2 aromatic rings. The molecule has 0 saturated heterocycles. The molecule has 0 radical (unpaired) electrons. The molecule has 2 rings (SSSR count). The van der Waals surface area contributed by atoms with Gasteiger partial charge in [0.15, 0.2) is 0 Å². The fourth-order valence-electron chi connectivity index (χ4n) is 1.88. The van der Waals surface area contributed by atoms with Crippen molar-refractivity contribution in [3.05, 3.63) is 44.6 Å². The van der Waals surface area contributed by atoms with Crippen molar-refractivity contribution in [1.82, 2.24) is 9.78 Å². The summed E-state index contributed by atoms with van der Waals surface area (Å²) in [5, 5.41) is 14.0. The van der Waals surface area contributed by atoms with E-state index in [1.165, 1.54) is 0 Å². The van der Waals surface area contributed by atoms with Crippen molar-refractivity contribution in [2.75, 3.05) is 0 Å². The summed E-state index contributed by atoms with van der Waals surface area (Å²) in [6, 6.07) is 5.25. The zero-order chi connectivity index (χ0) is 14.7. The summed E-state index contributed by atoms with van der Waals surface area (Å²) in [5.74, 6) is 0.593. The lowest BCUT2D eigenvalue weighted by atomic mass is 10.2. The lowest BCUT2D eigenvalue weighted by molar-refractivity contribution is 0.280. The van der Waals surface area contributed by atoms with Crippen LogP contribution in [0.1, 0.15) is 23.9 Å². The summed E-state index contributed by atoms with van der Waals surface area (Å²) in [4.78, 5) is 0. The van der Waals surface area contributed by atoms with Crippen LogP contribution in [0.5, 0.6) is 5.75 Å². The van der Waals surface area contributed by atoms with E-state index < -0.39 is 0 Å². The van der Waals surface area contributed by atoms with Crippen LogP contribution in [-0.2, 0) is 26.7 Å². The van der Waals surface area contributed by atoms with E-state index in [0.29, 0.717) is 17.4 Å². The van der Waals surface area contributed by atoms with Crippen molar-refractivity contribution in [2.24, 2.45) is 7.05 Å². The minimum absolute atomic E-state index is 0.0346. The van der Waals surface area contributed by atoms with Gasteiger partial charge in [0, 0.05) is 7.05 Å². The molecule has 1 aromatic heterocycles. The van der Waals surface area contributed by atoms with Gasteiger partial charge in [-0.05, 0) is 40.0 Å². The van der Waals surface area contributed by atoms with Crippen LogP contribution in [0.15, 0.2) is 22.7 Å². The van der Waals surface area contributed by atoms with Gasteiger partial charge in [-0.25, -0.2) is 0 Å². The minimum atomic E-state index is -0.0346. The van der Waals surface area contributed by atoms with Gasteiger partial charge < -0.3 is 9.84 Å². The third kappa shape index (κ3) is 3.16. The lowest BCUT2D eigenvalue weighted by Gasteiger charge is -2.09. The summed E-state index contributed by atoms with van der Waals surface area (Å²) in [6.07, 6.45) is 0.861. The average Bonchev–Trinajstić information content (AvgIpc) is 2.72. The second kappa shape index (κ2) is 6.61. The Morgan fingerprint density at radius 1 is 1.45 bits per heavy atom. The van der Waals surface area contributed by atoms with Crippen LogP contribution in [-0.4, -0.2) is 14.9 Å². The van der Waals surface area contributed by atoms with Gasteiger partial charge in [0.2, 0.25) is 0 Å². The Morgan fingerprint density at radius 3 is 2.75 bits per heavy atom. The number of aliphatic hydroxyl groups is 1. The number of hydrogen-bond donors (Lipinski definition) is 1. The molecule has 0 fully saturated rings. The standard InChI is InChI=1S/C14H16BrClN2O2/c1-3-11-14(15)12(18(2)17-11)8-20-13-5-4-9(7-19)6-10(13)16/h4-6,19H,3,7-8H2,1-2H3. The van der Waals surface area contributed by atoms with Gasteiger partial charge in [-0.2, -0.15) is 5.10 Å². The van der Waals surface area contributed by atoms with Gasteiger partial charge in [-0.3, -0.25) is 4.68 Å². The number of rotatable bonds is 5. The number of aliphatic hydroxyl groups excluding tert-OH is 1. The fourth-order valence-corrected chi connectivity index (χ4v) is 2.87. The van der Waals surface area contributed by atoms with Gasteiger partial charge in [-0.15, -0.1) is 0 Å². The maximum Gasteiger partial charge on any atom is 0.138 e. The smallest absolute Gasteiger partial charge is 0.138 e. The maximum atomic E-state index is 9.05. The Hall–Kier alpha value is -1.04. The van der Waals surface area contributed by atoms with Crippen molar-refractivity contribution in [2.45, 2.75) is 26.6 Å². The van der Waals surface area contributed by atoms with Crippen LogP contribution in [0.25, 0.3) is 0 Å². The quantitative estimate of drug-likeness (QED) is 0.889. The molecule has 0 saturated carbocycles. The Balaban J connectivity index is 2.15. The van der Waals surface area contributed by atoms with Crippen LogP contribution in [0.2, 0.25) is 5.02 Å². The van der Waals surface area contributed by atoms with Crippen molar-refractivity contribution < 1.29 is 9.84 Å². The summed E-state index contributed by atoms with van der Waals surface area (Å²) < 4.78 is 8.52. The average molecular weight is 360 g/mol. The van der Waals surface area contributed by atoms with Gasteiger partial charge >= 0.3 is 0 Å².